The monoisotopic (exact) mass is 356 g/mol. The van der Waals surface area contributed by atoms with E-state index in [4.69, 9.17) is 0 Å². The average molecular weight is 356 g/mol. The van der Waals surface area contributed by atoms with Gasteiger partial charge in [-0.25, -0.2) is 4.39 Å². The van der Waals surface area contributed by atoms with Crippen molar-refractivity contribution in [3.05, 3.63) is 30.1 Å². The number of hydrogen-bond donors (Lipinski definition) is 0. The molecule has 0 aliphatic carbocycles. The maximum absolute atomic E-state index is 13.5. The van der Waals surface area contributed by atoms with Gasteiger partial charge in [-0.05, 0) is 37.5 Å². The number of benzene rings is 1. The Kier molecular flexibility index (Phi) is 4.58. The lowest BCUT2D eigenvalue weighted by molar-refractivity contribution is -0.135. The van der Waals surface area contributed by atoms with E-state index in [1.807, 2.05) is 13.0 Å². The van der Waals surface area contributed by atoms with Gasteiger partial charge in [0.05, 0.1) is 6.07 Å². The molecule has 6 heteroatoms. The van der Waals surface area contributed by atoms with E-state index >= 15 is 0 Å². The molecule has 3 fully saturated rings. The maximum atomic E-state index is 13.5. The zero-order chi connectivity index (χ0) is 18.3. The summed E-state index contributed by atoms with van der Waals surface area (Å²) in [5.41, 5.74) is 0.954. The molecule has 0 radical (unpaired) electrons. The number of amides is 1. The molecule has 4 rings (SSSR count). The van der Waals surface area contributed by atoms with Crippen LogP contribution in [0.5, 0.6) is 0 Å². The summed E-state index contributed by atoms with van der Waals surface area (Å²) in [5.74, 6) is -0.177. The van der Waals surface area contributed by atoms with Crippen molar-refractivity contribution in [1.82, 2.24) is 9.80 Å². The van der Waals surface area contributed by atoms with E-state index < -0.39 is 0 Å². The minimum atomic E-state index is -0.247. The lowest BCUT2D eigenvalue weighted by Gasteiger charge is -2.37. The van der Waals surface area contributed by atoms with Crippen LogP contribution in [0.15, 0.2) is 24.3 Å². The van der Waals surface area contributed by atoms with Gasteiger partial charge in [0.25, 0.3) is 0 Å². The van der Waals surface area contributed by atoms with E-state index in [9.17, 15) is 14.4 Å². The molecule has 5 nitrogen and oxygen atoms in total. The summed E-state index contributed by atoms with van der Waals surface area (Å²) in [6, 6.07) is 9.63. The molecule has 0 unspecified atom stereocenters. The molecule has 3 heterocycles. The predicted octanol–water partition coefficient (Wildman–Crippen LogP) is 2.24. The third kappa shape index (κ3) is 3.05. The van der Waals surface area contributed by atoms with E-state index in [0.29, 0.717) is 18.6 Å². The molecule has 1 aromatic carbocycles. The molecule has 4 atom stereocenters. The van der Waals surface area contributed by atoms with E-state index in [1.54, 1.807) is 17.0 Å². The van der Waals surface area contributed by atoms with Crippen molar-refractivity contribution in [3.63, 3.8) is 0 Å². The molecule has 0 saturated carbocycles. The smallest absolute Gasteiger partial charge is 0.227 e. The second-order valence-electron chi connectivity index (χ2n) is 7.85. The average Bonchev–Trinajstić information content (AvgIpc) is 3.35. The lowest BCUT2D eigenvalue weighted by Crippen LogP contribution is -2.49. The second-order valence-corrected chi connectivity index (χ2v) is 7.85. The molecule has 138 valence electrons. The van der Waals surface area contributed by atoms with E-state index in [-0.39, 0.29) is 23.7 Å². The first-order valence-electron chi connectivity index (χ1n) is 9.53. The first kappa shape index (κ1) is 17.3. The van der Waals surface area contributed by atoms with Crippen LogP contribution in [0.2, 0.25) is 0 Å². The SMILES string of the molecule is C[C@@H](CN1C[C@H]2C[C@@H]1CN2c1cccc(F)c1)C(=O)N1CCC[C@H]1C#N. The standard InChI is InChI=1S/C20H25FN4O/c1-14(20(26)24-7-3-6-17(24)10-22)11-23-12-19-9-18(23)13-25(19)16-5-2-4-15(21)8-16/h2,4-5,8,14,17-19H,3,6-7,9,11-13H2,1H3/t14-,17-,18+,19+/m0/s1. The van der Waals surface area contributed by atoms with Gasteiger partial charge < -0.3 is 9.80 Å². The molecule has 1 amide bonds. The number of hydrogen-bond acceptors (Lipinski definition) is 4. The summed E-state index contributed by atoms with van der Waals surface area (Å²) < 4.78 is 13.5. The molecule has 0 N–H and O–H groups in total. The zero-order valence-electron chi connectivity index (χ0n) is 15.1. The summed E-state index contributed by atoms with van der Waals surface area (Å²) in [4.78, 5) is 19.2. The third-order valence-electron chi connectivity index (χ3n) is 6.11. The van der Waals surface area contributed by atoms with Crippen LogP contribution >= 0.6 is 0 Å². The minimum absolute atomic E-state index is 0.0917. The normalized spacial score (nSPS) is 29.2. The van der Waals surface area contributed by atoms with Gasteiger partial charge in [0.2, 0.25) is 5.91 Å². The maximum Gasteiger partial charge on any atom is 0.227 e. The molecule has 3 aliphatic heterocycles. The molecule has 0 aromatic heterocycles. The first-order valence-corrected chi connectivity index (χ1v) is 9.53. The van der Waals surface area contributed by atoms with Crippen molar-refractivity contribution in [1.29, 1.82) is 5.26 Å². The molecule has 1 aromatic rings. The Morgan fingerprint density at radius 1 is 1.38 bits per heavy atom. The molecule has 26 heavy (non-hydrogen) atoms. The lowest BCUT2D eigenvalue weighted by atomic mass is 10.1. The van der Waals surface area contributed by atoms with E-state index in [1.165, 1.54) is 6.07 Å². The summed E-state index contributed by atoms with van der Waals surface area (Å²) in [6.45, 7) is 5.23. The fourth-order valence-corrected chi connectivity index (χ4v) is 4.82. The fraction of sp³-hybridized carbons (Fsp3) is 0.600. The number of nitrogens with zero attached hydrogens (tertiary/aromatic N) is 4. The van der Waals surface area contributed by atoms with Gasteiger partial charge in [-0.2, -0.15) is 5.26 Å². The van der Waals surface area contributed by atoms with Crippen molar-refractivity contribution in [2.24, 2.45) is 5.92 Å². The molecular weight excluding hydrogens is 331 g/mol. The highest BCUT2D eigenvalue weighted by molar-refractivity contribution is 5.79. The summed E-state index contributed by atoms with van der Waals surface area (Å²) in [6.07, 6.45) is 2.79. The number of carbonyl (C=O) groups is 1. The van der Waals surface area contributed by atoms with Crippen LogP contribution in [0.3, 0.4) is 0 Å². The number of rotatable bonds is 4. The van der Waals surface area contributed by atoms with Crippen LogP contribution in [0.25, 0.3) is 0 Å². The topological polar surface area (TPSA) is 50.6 Å². The quantitative estimate of drug-likeness (QED) is 0.830. The number of anilines is 1. The van der Waals surface area contributed by atoms with Crippen molar-refractivity contribution < 1.29 is 9.18 Å². The number of nitriles is 1. The van der Waals surface area contributed by atoms with Gasteiger partial charge in [-0.3, -0.25) is 9.69 Å². The van der Waals surface area contributed by atoms with Crippen molar-refractivity contribution in [2.45, 2.75) is 44.3 Å². The molecule has 0 spiro atoms. The Bertz CT molecular complexity index is 733. The number of fused-ring (bicyclic) bond motifs is 2. The largest absolute Gasteiger partial charge is 0.366 e. The van der Waals surface area contributed by atoms with Crippen molar-refractivity contribution in [2.75, 3.05) is 31.1 Å². The Balaban J connectivity index is 1.36. The van der Waals surface area contributed by atoms with Gasteiger partial charge in [0, 0.05) is 49.9 Å². The highest BCUT2D eigenvalue weighted by Crippen LogP contribution is 2.35. The van der Waals surface area contributed by atoms with Crippen LogP contribution < -0.4 is 4.90 Å². The molecule has 2 bridgehead atoms. The summed E-state index contributed by atoms with van der Waals surface area (Å²) >= 11 is 0. The number of carbonyl (C=O) groups excluding carboxylic acids is 1. The molecule has 3 saturated heterocycles. The molecule has 3 aliphatic rings. The van der Waals surface area contributed by atoms with Crippen LogP contribution in [0.4, 0.5) is 10.1 Å². The third-order valence-corrected chi connectivity index (χ3v) is 6.11. The van der Waals surface area contributed by atoms with Crippen LogP contribution in [-0.2, 0) is 4.79 Å². The van der Waals surface area contributed by atoms with Crippen LogP contribution in [0, 0.1) is 23.1 Å². The van der Waals surface area contributed by atoms with Gasteiger partial charge in [-0.1, -0.05) is 13.0 Å². The van der Waals surface area contributed by atoms with Gasteiger partial charge >= 0.3 is 0 Å². The highest BCUT2D eigenvalue weighted by atomic mass is 19.1. The van der Waals surface area contributed by atoms with Gasteiger partial charge in [-0.15, -0.1) is 0 Å². The van der Waals surface area contributed by atoms with Gasteiger partial charge in [0.1, 0.15) is 11.9 Å². The second kappa shape index (κ2) is 6.88. The van der Waals surface area contributed by atoms with Crippen LogP contribution in [0.1, 0.15) is 26.2 Å². The van der Waals surface area contributed by atoms with E-state index in [0.717, 1.165) is 44.6 Å². The fourth-order valence-electron chi connectivity index (χ4n) is 4.82. The summed E-state index contributed by atoms with van der Waals surface area (Å²) in [5, 5.41) is 9.21. The minimum Gasteiger partial charge on any atom is -0.366 e. The van der Waals surface area contributed by atoms with Gasteiger partial charge in [0.15, 0.2) is 0 Å². The Hall–Kier alpha value is -2.13. The first-order chi connectivity index (χ1) is 12.6. The van der Waals surface area contributed by atoms with Crippen LogP contribution in [-0.4, -0.2) is 60.0 Å². The summed E-state index contributed by atoms with van der Waals surface area (Å²) in [7, 11) is 0. The van der Waals surface area contributed by atoms with Crippen molar-refractivity contribution in [3.8, 4) is 6.07 Å². The molecular formula is C20H25FN4O. The highest BCUT2D eigenvalue weighted by Gasteiger charge is 2.44. The Morgan fingerprint density at radius 2 is 2.23 bits per heavy atom. The Morgan fingerprint density at radius 3 is 2.92 bits per heavy atom. The van der Waals surface area contributed by atoms with E-state index in [2.05, 4.69) is 15.9 Å². The zero-order valence-corrected chi connectivity index (χ0v) is 15.1. The number of likely N-dealkylation sites (tertiary alicyclic amines) is 2. The number of piperazine rings is 1. The predicted molar refractivity (Wildman–Crippen MR) is 97.0 cm³/mol. The number of halogens is 1. The Labute approximate surface area is 154 Å². The van der Waals surface area contributed by atoms with Crippen molar-refractivity contribution >= 4 is 11.6 Å².